The number of carbonyl (C=O) groups is 1. The molecule has 1 atom stereocenters. The Balaban J connectivity index is 1.59. The van der Waals surface area contributed by atoms with Gasteiger partial charge in [-0.3, -0.25) is 4.90 Å². The number of halogens is 2. The molecule has 1 saturated heterocycles. The molecule has 2 heterocycles. The van der Waals surface area contributed by atoms with Gasteiger partial charge in [0.15, 0.2) is 0 Å². The van der Waals surface area contributed by atoms with E-state index < -0.39 is 11.7 Å². The van der Waals surface area contributed by atoms with Crippen LogP contribution < -0.4 is 4.90 Å². The zero-order chi connectivity index (χ0) is 21.1. The first-order chi connectivity index (χ1) is 14.5. The van der Waals surface area contributed by atoms with Crippen LogP contribution in [-0.2, 0) is 10.3 Å². The highest BCUT2D eigenvalue weighted by molar-refractivity contribution is 5.88. The maximum absolute atomic E-state index is 13.3. The molecule has 2 aromatic carbocycles. The summed E-state index contributed by atoms with van der Waals surface area (Å²) in [5.74, 6) is -0.308. The molecular weight excluding hydrogens is 390 g/mol. The predicted octanol–water partition coefficient (Wildman–Crippen LogP) is 4.65. The summed E-state index contributed by atoms with van der Waals surface area (Å²) in [5.41, 5.74) is 0.944. The quantitative estimate of drug-likeness (QED) is 0.665. The number of cyclic esters (lactones) is 1. The predicted molar refractivity (Wildman–Crippen MR) is 108 cm³/mol. The van der Waals surface area contributed by atoms with Crippen LogP contribution in [0.5, 0.6) is 0 Å². The second-order valence-electron chi connectivity index (χ2n) is 7.13. The summed E-state index contributed by atoms with van der Waals surface area (Å²) in [6.45, 7) is 0.138. The molecule has 30 heavy (non-hydrogen) atoms. The van der Waals surface area contributed by atoms with E-state index in [4.69, 9.17) is 4.74 Å². The first-order valence-corrected chi connectivity index (χ1v) is 9.61. The maximum Gasteiger partial charge on any atom is 0.416 e. The highest BCUT2D eigenvalue weighted by Crippen LogP contribution is 2.38. The number of hydrogen-bond acceptors (Lipinski definition) is 4. The highest BCUT2D eigenvalue weighted by Gasteiger charge is 2.42. The lowest BCUT2D eigenvalue weighted by Crippen LogP contribution is -2.48. The van der Waals surface area contributed by atoms with Crippen LogP contribution in [0, 0.1) is 11.6 Å². The molecule has 0 spiro atoms. The van der Waals surface area contributed by atoms with Gasteiger partial charge in [0.1, 0.15) is 23.1 Å². The monoisotopic (exact) mass is 410 g/mol. The van der Waals surface area contributed by atoms with E-state index in [1.807, 2.05) is 0 Å². The first kappa shape index (κ1) is 20.0. The van der Waals surface area contributed by atoms with Crippen LogP contribution >= 0.6 is 0 Å². The Hall–Kier alpha value is -3.32. The fourth-order valence-corrected chi connectivity index (χ4v) is 3.68. The van der Waals surface area contributed by atoms with E-state index in [-0.39, 0.29) is 24.7 Å². The number of nitrogens with zero attached hydrogens (tertiary/aromatic N) is 2. The van der Waals surface area contributed by atoms with Gasteiger partial charge in [-0.15, -0.1) is 0 Å². The smallest absolute Gasteiger partial charge is 0.416 e. The van der Waals surface area contributed by atoms with Gasteiger partial charge in [-0.2, -0.15) is 0 Å². The molecule has 0 aliphatic carbocycles. The summed E-state index contributed by atoms with van der Waals surface area (Å²) < 4.78 is 32.3. The van der Waals surface area contributed by atoms with Gasteiger partial charge in [-0.1, -0.05) is 18.2 Å². The fourth-order valence-electron chi connectivity index (χ4n) is 3.68. The minimum absolute atomic E-state index is 0.178. The van der Waals surface area contributed by atoms with Gasteiger partial charge in [0.05, 0.1) is 5.69 Å². The van der Waals surface area contributed by atoms with Gasteiger partial charge in [0, 0.05) is 31.6 Å². The Morgan fingerprint density at radius 1 is 1.00 bits per heavy atom. The average molecular weight is 410 g/mol. The van der Waals surface area contributed by atoms with Crippen molar-refractivity contribution in [3.05, 3.63) is 83.9 Å². The summed E-state index contributed by atoms with van der Waals surface area (Å²) >= 11 is 0. The van der Waals surface area contributed by atoms with Gasteiger partial charge in [0.2, 0.25) is 0 Å². The first-order valence-electron chi connectivity index (χ1n) is 9.61. The fraction of sp³-hybridized carbons (Fsp3) is 0.217. The van der Waals surface area contributed by atoms with Crippen LogP contribution in [0.2, 0.25) is 0 Å². The molecule has 1 aliphatic rings. The maximum atomic E-state index is 13.3. The van der Waals surface area contributed by atoms with Crippen LogP contribution in [0.3, 0.4) is 0 Å². The van der Waals surface area contributed by atoms with E-state index in [1.165, 1.54) is 29.2 Å². The standard InChI is InChI=1S/C23H20F2N2O3/c24-18-8-4-16(5-9-18)20-2-1-3-21(26-20)27-14-12-23(13-15-28,30-22(27)29)17-6-10-19(25)11-7-17/h1-11,28H,12-15H2. The van der Waals surface area contributed by atoms with E-state index >= 15 is 0 Å². The zero-order valence-electron chi connectivity index (χ0n) is 16.1. The van der Waals surface area contributed by atoms with E-state index in [2.05, 4.69) is 4.98 Å². The largest absolute Gasteiger partial charge is 0.437 e. The van der Waals surface area contributed by atoms with Crippen LogP contribution in [0.15, 0.2) is 66.7 Å². The molecule has 1 unspecified atom stereocenters. The average Bonchev–Trinajstić information content (AvgIpc) is 2.75. The van der Waals surface area contributed by atoms with Crippen molar-refractivity contribution < 1.29 is 23.4 Å². The van der Waals surface area contributed by atoms with Crippen molar-refractivity contribution in [1.29, 1.82) is 0 Å². The second-order valence-corrected chi connectivity index (χ2v) is 7.13. The van der Waals surface area contributed by atoms with E-state index in [0.29, 0.717) is 30.0 Å². The minimum atomic E-state index is -1.02. The summed E-state index contributed by atoms with van der Waals surface area (Å²) in [7, 11) is 0. The number of aromatic nitrogens is 1. The summed E-state index contributed by atoms with van der Waals surface area (Å²) in [6, 6.07) is 17.0. The van der Waals surface area contributed by atoms with Gasteiger partial charge >= 0.3 is 6.09 Å². The molecule has 1 amide bonds. The third-order valence-corrected chi connectivity index (χ3v) is 5.28. The topological polar surface area (TPSA) is 62.7 Å². The molecule has 154 valence electrons. The third kappa shape index (κ3) is 3.89. The molecular formula is C23H20F2N2O3. The molecule has 0 radical (unpaired) electrons. The van der Waals surface area contributed by atoms with E-state index in [1.54, 1.807) is 42.5 Å². The van der Waals surface area contributed by atoms with Gasteiger partial charge in [-0.25, -0.2) is 18.6 Å². The lowest BCUT2D eigenvalue weighted by molar-refractivity contribution is -0.0259. The lowest BCUT2D eigenvalue weighted by Gasteiger charge is -2.41. The Morgan fingerprint density at radius 2 is 1.67 bits per heavy atom. The highest BCUT2D eigenvalue weighted by atomic mass is 19.1. The van der Waals surface area contributed by atoms with Crippen molar-refractivity contribution in [3.63, 3.8) is 0 Å². The molecule has 4 rings (SSSR count). The Morgan fingerprint density at radius 3 is 2.30 bits per heavy atom. The van der Waals surface area contributed by atoms with Crippen LogP contribution in [0.1, 0.15) is 18.4 Å². The summed E-state index contributed by atoms with van der Waals surface area (Å²) in [6.07, 6.45) is 0.0250. The molecule has 1 aromatic heterocycles. The van der Waals surface area contributed by atoms with E-state index in [0.717, 1.165) is 5.56 Å². The van der Waals surface area contributed by atoms with Crippen molar-refractivity contribution in [2.75, 3.05) is 18.1 Å². The molecule has 7 heteroatoms. The lowest BCUT2D eigenvalue weighted by atomic mass is 9.86. The summed E-state index contributed by atoms with van der Waals surface area (Å²) in [4.78, 5) is 18.8. The molecule has 0 bridgehead atoms. The number of amides is 1. The number of pyridine rings is 1. The Bertz CT molecular complexity index is 1040. The number of aliphatic hydroxyl groups excluding tert-OH is 1. The number of anilines is 1. The molecule has 1 aliphatic heterocycles. The number of benzene rings is 2. The van der Waals surface area contributed by atoms with Gasteiger partial charge in [0.25, 0.3) is 0 Å². The number of ether oxygens (including phenoxy) is 1. The molecule has 3 aromatic rings. The van der Waals surface area contributed by atoms with Gasteiger partial charge in [-0.05, 0) is 54.1 Å². The van der Waals surface area contributed by atoms with Crippen molar-refractivity contribution in [2.24, 2.45) is 0 Å². The second kappa shape index (κ2) is 8.20. The van der Waals surface area contributed by atoms with E-state index in [9.17, 15) is 18.7 Å². The van der Waals surface area contributed by atoms with Crippen LogP contribution in [0.4, 0.5) is 19.4 Å². The molecule has 1 fully saturated rings. The van der Waals surface area contributed by atoms with Crippen LogP contribution in [0.25, 0.3) is 11.3 Å². The van der Waals surface area contributed by atoms with Crippen molar-refractivity contribution >= 4 is 11.9 Å². The van der Waals surface area contributed by atoms with Crippen molar-refractivity contribution in [2.45, 2.75) is 18.4 Å². The third-order valence-electron chi connectivity index (χ3n) is 5.28. The summed E-state index contributed by atoms with van der Waals surface area (Å²) in [5, 5.41) is 9.53. The number of carbonyl (C=O) groups excluding carboxylic acids is 1. The van der Waals surface area contributed by atoms with Crippen molar-refractivity contribution in [1.82, 2.24) is 4.98 Å². The van der Waals surface area contributed by atoms with Crippen LogP contribution in [-0.4, -0.2) is 29.3 Å². The normalized spacial score (nSPS) is 18.9. The molecule has 5 nitrogen and oxygen atoms in total. The van der Waals surface area contributed by atoms with Crippen molar-refractivity contribution in [3.8, 4) is 11.3 Å². The minimum Gasteiger partial charge on any atom is -0.437 e. The van der Waals surface area contributed by atoms with Gasteiger partial charge < -0.3 is 9.84 Å². The number of rotatable bonds is 5. The SMILES string of the molecule is O=C1OC(CCO)(c2ccc(F)cc2)CCN1c1cccc(-c2ccc(F)cc2)n1. The Labute approximate surface area is 172 Å². The molecule has 1 N–H and O–H groups in total. The molecule has 0 saturated carbocycles. The Kier molecular flexibility index (Phi) is 5.46. The number of aliphatic hydroxyl groups is 1. The number of hydrogen-bond donors (Lipinski definition) is 1. The zero-order valence-corrected chi connectivity index (χ0v) is 16.1.